The normalized spacial score (nSPS) is 10.8. The van der Waals surface area contributed by atoms with E-state index in [0.29, 0.717) is 16.5 Å². The molecule has 0 aliphatic carbocycles. The van der Waals surface area contributed by atoms with Gasteiger partial charge in [0.05, 0.1) is 16.1 Å². The standard InChI is InChI=1S/C19H11F2N5O2S/c20-12-6-7-14(13(21)9-12)25-18-17(26(27)28)19(24-10-23-18)29-15-5-1-3-11-4-2-8-22-16(11)15/h1-10H,(H,23,24,25). The Balaban J connectivity index is 1.76. The number of para-hydroxylation sites is 1. The molecule has 7 nitrogen and oxygen atoms in total. The summed E-state index contributed by atoms with van der Waals surface area (Å²) in [5.74, 6) is -1.86. The first-order valence-electron chi connectivity index (χ1n) is 8.26. The fourth-order valence-electron chi connectivity index (χ4n) is 2.67. The van der Waals surface area contributed by atoms with Gasteiger partial charge in [0, 0.05) is 22.5 Å². The van der Waals surface area contributed by atoms with Crippen molar-refractivity contribution in [3.63, 3.8) is 0 Å². The molecule has 0 aliphatic rings. The molecular weight excluding hydrogens is 400 g/mol. The maximum absolute atomic E-state index is 14.0. The maximum atomic E-state index is 14.0. The summed E-state index contributed by atoms with van der Waals surface area (Å²) < 4.78 is 27.1. The Morgan fingerprint density at radius 2 is 1.86 bits per heavy atom. The van der Waals surface area contributed by atoms with E-state index in [4.69, 9.17) is 0 Å². The lowest BCUT2D eigenvalue weighted by molar-refractivity contribution is -0.387. The highest BCUT2D eigenvalue weighted by atomic mass is 32.2. The highest BCUT2D eigenvalue weighted by molar-refractivity contribution is 7.99. The SMILES string of the molecule is O=[N+]([O-])c1c(Nc2ccc(F)cc2F)ncnc1Sc1cccc2cccnc12. The van der Waals surface area contributed by atoms with Crippen molar-refractivity contribution in [1.29, 1.82) is 0 Å². The van der Waals surface area contributed by atoms with Gasteiger partial charge in [-0.15, -0.1) is 0 Å². The van der Waals surface area contributed by atoms with Gasteiger partial charge >= 0.3 is 5.69 Å². The van der Waals surface area contributed by atoms with Crippen molar-refractivity contribution in [2.75, 3.05) is 5.32 Å². The van der Waals surface area contributed by atoms with Gasteiger partial charge in [-0.3, -0.25) is 15.1 Å². The lowest BCUT2D eigenvalue weighted by Gasteiger charge is -2.10. The molecule has 0 spiro atoms. The number of nitrogens with zero attached hydrogens (tertiary/aromatic N) is 4. The zero-order valence-corrected chi connectivity index (χ0v) is 15.4. The molecule has 0 amide bonds. The number of nitrogens with one attached hydrogen (secondary N) is 1. The van der Waals surface area contributed by atoms with Crippen LogP contribution in [0.15, 0.2) is 71.0 Å². The number of aromatic nitrogens is 3. The van der Waals surface area contributed by atoms with Crippen LogP contribution in [0.3, 0.4) is 0 Å². The third-order valence-electron chi connectivity index (χ3n) is 3.96. The Morgan fingerprint density at radius 3 is 2.66 bits per heavy atom. The van der Waals surface area contributed by atoms with Crippen molar-refractivity contribution >= 4 is 39.9 Å². The molecule has 4 rings (SSSR count). The van der Waals surface area contributed by atoms with Crippen LogP contribution in [0.25, 0.3) is 10.9 Å². The van der Waals surface area contributed by atoms with Gasteiger partial charge in [-0.05, 0) is 24.3 Å². The van der Waals surface area contributed by atoms with Crippen LogP contribution in [0, 0.1) is 21.7 Å². The predicted molar refractivity (Wildman–Crippen MR) is 104 cm³/mol. The summed E-state index contributed by atoms with van der Waals surface area (Å²) in [4.78, 5) is 24.0. The molecule has 1 N–H and O–H groups in total. The summed E-state index contributed by atoms with van der Waals surface area (Å²) in [5.41, 5.74) is 0.108. The first-order valence-corrected chi connectivity index (χ1v) is 9.07. The lowest BCUT2D eigenvalue weighted by atomic mass is 10.2. The zero-order chi connectivity index (χ0) is 20.4. The van der Waals surface area contributed by atoms with Crippen LogP contribution in [0.4, 0.5) is 26.0 Å². The van der Waals surface area contributed by atoms with Gasteiger partial charge in [-0.25, -0.2) is 18.7 Å². The van der Waals surface area contributed by atoms with Crippen LogP contribution in [0.5, 0.6) is 0 Å². The van der Waals surface area contributed by atoms with E-state index >= 15 is 0 Å². The number of fused-ring (bicyclic) bond motifs is 1. The van der Waals surface area contributed by atoms with E-state index in [-0.39, 0.29) is 16.5 Å². The zero-order valence-electron chi connectivity index (χ0n) is 14.5. The van der Waals surface area contributed by atoms with E-state index in [0.717, 1.165) is 35.6 Å². The second-order valence-corrected chi connectivity index (χ2v) is 6.85. The van der Waals surface area contributed by atoms with Crippen molar-refractivity contribution in [1.82, 2.24) is 15.0 Å². The minimum atomic E-state index is -0.898. The van der Waals surface area contributed by atoms with Gasteiger partial charge in [-0.2, -0.15) is 0 Å². The van der Waals surface area contributed by atoms with Crippen LogP contribution < -0.4 is 5.32 Å². The van der Waals surface area contributed by atoms with E-state index in [1.807, 2.05) is 18.2 Å². The van der Waals surface area contributed by atoms with Crippen LogP contribution in [0.2, 0.25) is 0 Å². The fourth-order valence-corrected chi connectivity index (χ4v) is 3.66. The second kappa shape index (κ2) is 7.76. The average Bonchev–Trinajstić information content (AvgIpc) is 2.70. The molecular formula is C19H11F2N5O2S. The molecule has 0 atom stereocenters. The number of pyridine rings is 1. The average molecular weight is 411 g/mol. The highest BCUT2D eigenvalue weighted by Crippen LogP contribution is 2.39. The van der Waals surface area contributed by atoms with Crippen LogP contribution in [0.1, 0.15) is 0 Å². The highest BCUT2D eigenvalue weighted by Gasteiger charge is 2.25. The van der Waals surface area contributed by atoms with Gasteiger partial charge in [0.15, 0.2) is 5.03 Å². The number of nitro groups is 1. The molecule has 2 aromatic heterocycles. The number of hydrogen-bond acceptors (Lipinski definition) is 7. The summed E-state index contributed by atoms with van der Waals surface area (Å²) in [6, 6.07) is 12.0. The van der Waals surface area contributed by atoms with Gasteiger partial charge in [0.2, 0.25) is 5.82 Å². The Hall–Kier alpha value is -3.66. The predicted octanol–water partition coefficient (Wildman–Crippen LogP) is 5.11. The van der Waals surface area contributed by atoms with Crippen LogP contribution in [-0.2, 0) is 0 Å². The first-order chi connectivity index (χ1) is 14.0. The lowest BCUT2D eigenvalue weighted by Crippen LogP contribution is -2.04. The molecule has 0 saturated carbocycles. The molecule has 2 heterocycles. The molecule has 0 fully saturated rings. The van der Waals surface area contributed by atoms with E-state index in [1.165, 1.54) is 0 Å². The largest absolute Gasteiger partial charge is 0.343 e. The Morgan fingerprint density at radius 1 is 1.03 bits per heavy atom. The van der Waals surface area contributed by atoms with E-state index in [9.17, 15) is 18.9 Å². The van der Waals surface area contributed by atoms with Crippen molar-refractivity contribution in [3.05, 3.63) is 82.8 Å². The molecule has 0 unspecified atom stereocenters. The Bertz CT molecular complexity index is 1230. The molecule has 0 radical (unpaired) electrons. The van der Waals surface area contributed by atoms with Crippen molar-refractivity contribution in [2.24, 2.45) is 0 Å². The van der Waals surface area contributed by atoms with E-state index in [1.54, 1.807) is 18.3 Å². The van der Waals surface area contributed by atoms with Gasteiger partial charge in [0.25, 0.3) is 0 Å². The minimum absolute atomic E-state index is 0.0631. The number of rotatable bonds is 5. The van der Waals surface area contributed by atoms with Crippen molar-refractivity contribution < 1.29 is 13.7 Å². The third kappa shape index (κ3) is 3.83. The monoisotopic (exact) mass is 411 g/mol. The van der Waals surface area contributed by atoms with Crippen LogP contribution >= 0.6 is 11.8 Å². The Labute approximate surface area is 167 Å². The fraction of sp³-hybridized carbons (Fsp3) is 0. The molecule has 4 aromatic rings. The minimum Gasteiger partial charge on any atom is -0.332 e. The summed E-state index contributed by atoms with van der Waals surface area (Å²) in [6.45, 7) is 0. The van der Waals surface area contributed by atoms with Crippen LogP contribution in [-0.4, -0.2) is 19.9 Å². The Kier molecular flexibility index (Phi) is 5.00. The van der Waals surface area contributed by atoms with E-state index in [2.05, 4.69) is 20.3 Å². The second-order valence-electron chi connectivity index (χ2n) is 5.82. The first kappa shape index (κ1) is 18.7. The van der Waals surface area contributed by atoms with Crippen molar-refractivity contribution in [3.8, 4) is 0 Å². The molecule has 0 aliphatic heterocycles. The smallest absolute Gasteiger partial charge is 0.332 e. The topological polar surface area (TPSA) is 93.8 Å². The quantitative estimate of drug-likeness (QED) is 0.277. The molecule has 0 bridgehead atoms. The number of anilines is 2. The summed E-state index contributed by atoms with van der Waals surface area (Å²) in [5, 5.41) is 15.2. The molecule has 2 aromatic carbocycles. The summed E-state index contributed by atoms with van der Waals surface area (Å²) in [7, 11) is 0. The molecule has 29 heavy (non-hydrogen) atoms. The third-order valence-corrected chi connectivity index (χ3v) is 5.00. The molecule has 144 valence electrons. The van der Waals surface area contributed by atoms with Gasteiger partial charge < -0.3 is 5.32 Å². The van der Waals surface area contributed by atoms with Crippen molar-refractivity contribution in [2.45, 2.75) is 9.92 Å². The van der Waals surface area contributed by atoms with Gasteiger partial charge in [0.1, 0.15) is 18.0 Å². The summed E-state index contributed by atoms with van der Waals surface area (Å²) in [6.07, 6.45) is 2.77. The molecule has 10 heteroatoms. The number of halogens is 2. The van der Waals surface area contributed by atoms with Gasteiger partial charge in [-0.1, -0.05) is 30.0 Å². The molecule has 0 saturated heterocycles. The van der Waals surface area contributed by atoms with E-state index < -0.39 is 22.2 Å². The maximum Gasteiger partial charge on any atom is 0.343 e. The number of hydrogen-bond donors (Lipinski definition) is 1. The summed E-state index contributed by atoms with van der Waals surface area (Å²) >= 11 is 1.05. The number of benzene rings is 2.